The molecule has 2 nitrogen and oxygen atoms in total. The van der Waals surface area contributed by atoms with Crippen LogP contribution in [0.3, 0.4) is 0 Å². The van der Waals surface area contributed by atoms with Crippen molar-refractivity contribution in [2.45, 2.75) is 94.9 Å². The lowest BCUT2D eigenvalue weighted by atomic mass is 9.82. The van der Waals surface area contributed by atoms with Crippen molar-refractivity contribution in [2.24, 2.45) is 0 Å². The Morgan fingerprint density at radius 1 is 1.06 bits per heavy atom. The third kappa shape index (κ3) is 12.1. The van der Waals surface area contributed by atoms with Crippen LogP contribution >= 0.6 is 11.6 Å². The van der Waals surface area contributed by atoms with Gasteiger partial charge in [0, 0.05) is 30.4 Å². The average molecular weight is 453 g/mol. The van der Waals surface area contributed by atoms with Crippen LogP contribution in [0.4, 0.5) is 11.4 Å². The van der Waals surface area contributed by atoms with E-state index in [1.54, 1.807) is 6.08 Å². The van der Waals surface area contributed by atoms with Crippen LogP contribution in [0.2, 0.25) is 0 Å². The minimum Gasteiger partial charge on any atom is -0.373 e. The molecule has 31 heavy (non-hydrogen) atoms. The number of rotatable bonds is 5. The molecule has 1 aliphatic heterocycles. The normalized spacial score (nSPS) is 15.3. The Morgan fingerprint density at radius 2 is 1.55 bits per heavy atom. The highest BCUT2D eigenvalue weighted by Gasteiger charge is 2.35. The molecule has 0 aromatic heterocycles. The summed E-state index contributed by atoms with van der Waals surface area (Å²) in [6.07, 6.45) is 4.65. The van der Waals surface area contributed by atoms with E-state index in [0.717, 1.165) is 24.4 Å². The zero-order valence-electron chi connectivity index (χ0n) is 23.0. The number of fused-ring (bicyclic) bond motifs is 1. The van der Waals surface area contributed by atoms with Gasteiger partial charge in [-0.1, -0.05) is 114 Å². The van der Waals surface area contributed by atoms with Crippen molar-refractivity contribution in [2.75, 3.05) is 23.8 Å². The molecule has 1 aromatic rings. The Labute approximate surface area is 201 Å². The van der Waals surface area contributed by atoms with E-state index in [2.05, 4.69) is 62.5 Å². The lowest BCUT2D eigenvalue weighted by molar-refractivity contribution is 0.487. The van der Waals surface area contributed by atoms with Gasteiger partial charge in [-0.2, -0.15) is 0 Å². The summed E-state index contributed by atoms with van der Waals surface area (Å²) in [7, 11) is 2.15. The summed E-state index contributed by atoms with van der Waals surface area (Å²) in [4.78, 5) is 2.32. The molecule has 0 fully saturated rings. The SMILES string of the molecule is C=C/C=C(/Nc1ccc2c(c1)C(C)(CC)CN2C)C(=C)Cl.CC.CC.CC.CC.CC. The van der Waals surface area contributed by atoms with Crippen LogP contribution < -0.4 is 10.2 Å². The Morgan fingerprint density at radius 3 is 1.94 bits per heavy atom. The lowest BCUT2D eigenvalue weighted by Gasteiger charge is -2.23. The quantitative estimate of drug-likeness (QED) is 0.446. The number of allylic oxidation sites excluding steroid dienone is 3. The van der Waals surface area contributed by atoms with Gasteiger partial charge in [0.2, 0.25) is 0 Å². The summed E-state index contributed by atoms with van der Waals surface area (Å²) < 4.78 is 0. The number of nitrogens with zero attached hydrogens (tertiary/aromatic N) is 1. The number of anilines is 2. The number of benzene rings is 1. The first-order valence-corrected chi connectivity index (χ1v) is 12.6. The van der Waals surface area contributed by atoms with Crippen molar-refractivity contribution in [3.63, 3.8) is 0 Å². The first-order chi connectivity index (χ1) is 14.9. The van der Waals surface area contributed by atoms with Gasteiger partial charge in [-0.3, -0.25) is 0 Å². The Hall–Kier alpha value is -1.67. The topological polar surface area (TPSA) is 15.3 Å². The smallest absolute Gasteiger partial charge is 0.0569 e. The molecular weight excluding hydrogens is 400 g/mol. The van der Waals surface area contributed by atoms with Crippen LogP contribution in [-0.2, 0) is 5.41 Å². The van der Waals surface area contributed by atoms with Crippen molar-refractivity contribution >= 4 is 23.0 Å². The molecule has 3 heteroatoms. The standard InChI is InChI=1S/C18H23ClN2.5C2H6/c1-6-8-16(13(3)19)20-14-9-10-17-15(11-14)18(4,7-2)12-21(17)5;5*1-2/h6,8-11,20H,1,3,7,12H2,2,4-5H3;5*1-2H3/b16-8+;;;;;. The molecule has 0 radical (unpaired) electrons. The summed E-state index contributed by atoms with van der Waals surface area (Å²) in [6.45, 7) is 33.1. The van der Waals surface area contributed by atoms with Crippen molar-refractivity contribution < 1.29 is 0 Å². The maximum atomic E-state index is 6.01. The summed E-state index contributed by atoms with van der Waals surface area (Å²) in [5.74, 6) is 0. The van der Waals surface area contributed by atoms with Gasteiger partial charge < -0.3 is 10.2 Å². The zero-order valence-corrected chi connectivity index (χ0v) is 23.8. The molecule has 1 aliphatic rings. The molecular formula is C28H53ClN2. The van der Waals surface area contributed by atoms with Crippen LogP contribution in [0.1, 0.15) is 95.1 Å². The third-order valence-corrected chi connectivity index (χ3v) is 4.48. The minimum atomic E-state index is 0.196. The molecule has 1 aromatic carbocycles. The number of nitrogens with one attached hydrogen (secondary N) is 1. The predicted molar refractivity (Wildman–Crippen MR) is 151 cm³/mol. The summed E-state index contributed by atoms with van der Waals surface area (Å²) >= 11 is 6.01. The lowest BCUT2D eigenvalue weighted by Crippen LogP contribution is -2.27. The fourth-order valence-electron chi connectivity index (χ4n) is 2.90. The van der Waals surface area contributed by atoms with Crippen LogP contribution in [0, 0.1) is 0 Å². The van der Waals surface area contributed by atoms with Crippen LogP contribution in [0.5, 0.6) is 0 Å². The van der Waals surface area contributed by atoms with Gasteiger partial charge in [0.05, 0.1) is 10.7 Å². The van der Waals surface area contributed by atoms with E-state index in [1.165, 1.54) is 11.3 Å². The maximum absolute atomic E-state index is 6.01. The van der Waals surface area contributed by atoms with Crippen LogP contribution in [0.25, 0.3) is 0 Å². The second-order valence-electron chi connectivity index (χ2n) is 5.85. The minimum absolute atomic E-state index is 0.196. The second-order valence-corrected chi connectivity index (χ2v) is 6.30. The molecule has 0 amide bonds. The van der Waals surface area contributed by atoms with Crippen molar-refractivity contribution in [1.82, 2.24) is 0 Å². The summed E-state index contributed by atoms with van der Waals surface area (Å²) in [5.41, 5.74) is 4.69. The van der Waals surface area contributed by atoms with Gasteiger partial charge in [0.25, 0.3) is 0 Å². The number of halogens is 1. The molecule has 0 bridgehead atoms. The maximum Gasteiger partial charge on any atom is 0.0569 e. The van der Waals surface area contributed by atoms with E-state index in [1.807, 2.05) is 75.3 Å². The molecule has 0 saturated heterocycles. The van der Waals surface area contributed by atoms with Crippen molar-refractivity contribution in [3.8, 4) is 0 Å². The molecule has 1 N–H and O–H groups in total. The fraction of sp³-hybridized carbons (Fsp3) is 0.571. The van der Waals surface area contributed by atoms with Gasteiger partial charge >= 0.3 is 0 Å². The van der Waals surface area contributed by atoms with E-state index in [-0.39, 0.29) is 5.41 Å². The van der Waals surface area contributed by atoms with E-state index >= 15 is 0 Å². The van der Waals surface area contributed by atoms with Gasteiger partial charge in [-0.15, -0.1) is 0 Å². The highest BCUT2D eigenvalue weighted by molar-refractivity contribution is 6.31. The molecule has 1 unspecified atom stereocenters. The van der Waals surface area contributed by atoms with Crippen molar-refractivity contribution in [1.29, 1.82) is 0 Å². The van der Waals surface area contributed by atoms with Gasteiger partial charge in [-0.25, -0.2) is 0 Å². The number of likely N-dealkylation sites (N-methyl/N-ethyl adjacent to an activating group) is 1. The molecule has 0 aliphatic carbocycles. The Balaban J connectivity index is -0.000000320. The molecule has 0 saturated carbocycles. The molecule has 1 heterocycles. The van der Waals surface area contributed by atoms with Crippen molar-refractivity contribution in [3.05, 3.63) is 59.8 Å². The molecule has 182 valence electrons. The number of hydrogen-bond donors (Lipinski definition) is 1. The van der Waals surface area contributed by atoms with Gasteiger partial charge in [0.15, 0.2) is 0 Å². The van der Waals surface area contributed by atoms with E-state index in [4.69, 9.17) is 11.6 Å². The van der Waals surface area contributed by atoms with Crippen LogP contribution in [-0.4, -0.2) is 13.6 Å². The average Bonchev–Trinajstić information content (AvgIpc) is 3.10. The van der Waals surface area contributed by atoms with Gasteiger partial charge in [-0.05, 0) is 36.3 Å². The molecule has 2 rings (SSSR count). The third-order valence-electron chi connectivity index (χ3n) is 4.28. The summed E-state index contributed by atoms with van der Waals surface area (Å²) in [6, 6.07) is 6.47. The summed E-state index contributed by atoms with van der Waals surface area (Å²) in [5, 5.41) is 3.80. The van der Waals surface area contributed by atoms with E-state index in [0.29, 0.717) is 5.03 Å². The van der Waals surface area contributed by atoms with Crippen LogP contribution in [0.15, 0.2) is 54.2 Å². The van der Waals surface area contributed by atoms with Gasteiger partial charge in [0.1, 0.15) is 0 Å². The number of hydrogen-bond acceptors (Lipinski definition) is 2. The van der Waals surface area contributed by atoms with E-state index in [9.17, 15) is 0 Å². The Kier molecular flexibility index (Phi) is 27.2. The predicted octanol–water partition coefficient (Wildman–Crippen LogP) is 10.2. The first kappa shape index (κ1) is 36.7. The monoisotopic (exact) mass is 452 g/mol. The highest BCUT2D eigenvalue weighted by Crippen LogP contribution is 2.43. The molecule has 0 spiro atoms. The zero-order chi connectivity index (χ0) is 25.6. The largest absolute Gasteiger partial charge is 0.373 e. The molecule has 1 atom stereocenters. The first-order valence-electron chi connectivity index (χ1n) is 12.2. The highest BCUT2D eigenvalue weighted by atomic mass is 35.5. The fourth-order valence-corrected chi connectivity index (χ4v) is 3.01. The second kappa shape index (κ2) is 23.0. The van der Waals surface area contributed by atoms with E-state index < -0.39 is 0 Å². The Bertz CT molecular complexity index is 605.